The van der Waals surface area contributed by atoms with E-state index in [1.807, 2.05) is 18.2 Å². The molecule has 4 aromatic rings. The maximum Gasteiger partial charge on any atom is 0.243 e. The van der Waals surface area contributed by atoms with E-state index in [0.29, 0.717) is 33.3 Å². The Morgan fingerprint density at radius 1 is 1.03 bits per heavy atom. The molecule has 4 rings (SSSR count). The highest BCUT2D eigenvalue weighted by molar-refractivity contribution is 6.42. The molecule has 2 aromatic heterocycles. The van der Waals surface area contributed by atoms with E-state index in [-0.39, 0.29) is 5.41 Å². The van der Waals surface area contributed by atoms with Crippen LogP contribution in [0.2, 0.25) is 10.0 Å². The molecule has 148 valence electrons. The Labute approximate surface area is 179 Å². The van der Waals surface area contributed by atoms with Crippen molar-refractivity contribution in [2.45, 2.75) is 26.2 Å². The fourth-order valence-electron chi connectivity index (χ4n) is 2.90. The molecule has 2 aromatic carbocycles. The molecule has 0 bridgehead atoms. The van der Waals surface area contributed by atoms with Gasteiger partial charge in [-0.05, 0) is 47.4 Å². The van der Waals surface area contributed by atoms with Gasteiger partial charge in [0.05, 0.1) is 16.1 Å². The molecule has 0 radical (unpaired) electrons. The van der Waals surface area contributed by atoms with Crippen molar-refractivity contribution in [2.75, 3.05) is 5.32 Å². The van der Waals surface area contributed by atoms with Crippen LogP contribution in [-0.2, 0) is 5.41 Å². The summed E-state index contributed by atoms with van der Waals surface area (Å²) in [7, 11) is 0. The third-order valence-electron chi connectivity index (χ3n) is 4.49. The van der Waals surface area contributed by atoms with Crippen LogP contribution in [0.4, 0.5) is 11.6 Å². The Kier molecular flexibility index (Phi) is 5.11. The first kappa shape index (κ1) is 19.6. The molecule has 0 aliphatic carbocycles. The molecule has 7 heteroatoms. The summed E-state index contributed by atoms with van der Waals surface area (Å²) < 4.78 is 5.90. The lowest BCUT2D eigenvalue weighted by molar-refractivity contribution is 0.465. The molecule has 5 nitrogen and oxygen atoms in total. The van der Waals surface area contributed by atoms with Crippen LogP contribution in [0.1, 0.15) is 26.3 Å². The summed E-state index contributed by atoms with van der Waals surface area (Å²) in [6.07, 6.45) is 1.65. The van der Waals surface area contributed by atoms with E-state index in [9.17, 15) is 0 Å². The first-order chi connectivity index (χ1) is 13.8. The SMILES string of the molecule is CC(C)(C)c1ccc2nc(Nc3cccnc3Oc3cccc(Cl)c3Cl)[nH]c2c1. The normalized spacial score (nSPS) is 11.6. The molecule has 0 atom stereocenters. The number of imidazole rings is 1. The van der Waals surface area contributed by atoms with Crippen molar-refractivity contribution in [1.82, 2.24) is 15.0 Å². The van der Waals surface area contributed by atoms with E-state index in [2.05, 4.69) is 53.2 Å². The number of aromatic amines is 1. The Balaban J connectivity index is 1.64. The zero-order valence-corrected chi connectivity index (χ0v) is 17.8. The summed E-state index contributed by atoms with van der Waals surface area (Å²) in [5.41, 5.74) is 3.79. The van der Waals surface area contributed by atoms with Gasteiger partial charge in [-0.2, -0.15) is 0 Å². The van der Waals surface area contributed by atoms with Crippen LogP contribution < -0.4 is 10.1 Å². The van der Waals surface area contributed by atoms with Gasteiger partial charge in [0.25, 0.3) is 0 Å². The van der Waals surface area contributed by atoms with Gasteiger partial charge in [-0.25, -0.2) is 9.97 Å². The quantitative estimate of drug-likeness (QED) is 0.365. The Bertz CT molecular complexity index is 1180. The van der Waals surface area contributed by atoms with Gasteiger partial charge in [-0.15, -0.1) is 0 Å². The molecule has 0 spiro atoms. The number of aromatic nitrogens is 3. The number of ether oxygens (including phenoxy) is 1. The molecule has 0 unspecified atom stereocenters. The van der Waals surface area contributed by atoms with Gasteiger partial charge in [0.1, 0.15) is 16.5 Å². The maximum atomic E-state index is 6.24. The predicted octanol–water partition coefficient (Wildman–Crippen LogP) is 7.10. The number of nitrogens with one attached hydrogen (secondary N) is 2. The number of anilines is 2. The van der Waals surface area contributed by atoms with E-state index in [4.69, 9.17) is 27.9 Å². The third-order valence-corrected chi connectivity index (χ3v) is 5.30. The smallest absolute Gasteiger partial charge is 0.243 e. The summed E-state index contributed by atoms with van der Waals surface area (Å²) in [5, 5.41) is 4.00. The first-order valence-corrected chi connectivity index (χ1v) is 9.91. The van der Waals surface area contributed by atoms with Gasteiger partial charge in [0.15, 0.2) is 0 Å². The van der Waals surface area contributed by atoms with E-state index in [1.54, 1.807) is 24.4 Å². The molecule has 0 saturated carbocycles. The maximum absolute atomic E-state index is 6.24. The number of halogens is 2. The van der Waals surface area contributed by atoms with Crippen molar-refractivity contribution in [3.63, 3.8) is 0 Å². The number of hydrogen-bond donors (Lipinski definition) is 2. The summed E-state index contributed by atoms with van der Waals surface area (Å²) >= 11 is 12.3. The molecule has 2 N–H and O–H groups in total. The van der Waals surface area contributed by atoms with Crippen LogP contribution in [0, 0.1) is 0 Å². The zero-order valence-electron chi connectivity index (χ0n) is 16.3. The summed E-state index contributed by atoms with van der Waals surface area (Å²) in [4.78, 5) is 12.2. The van der Waals surface area contributed by atoms with Crippen LogP contribution >= 0.6 is 23.2 Å². The van der Waals surface area contributed by atoms with Crippen molar-refractivity contribution >= 4 is 45.9 Å². The average Bonchev–Trinajstić information content (AvgIpc) is 3.08. The van der Waals surface area contributed by atoms with Crippen molar-refractivity contribution in [2.24, 2.45) is 0 Å². The molecule has 0 aliphatic heterocycles. The Hall–Kier alpha value is -2.76. The number of rotatable bonds is 4. The largest absolute Gasteiger partial charge is 0.435 e. The van der Waals surface area contributed by atoms with Crippen LogP contribution in [0.5, 0.6) is 11.6 Å². The van der Waals surface area contributed by atoms with Gasteiger partial charge < -0.3 is 15.0 Å². The second-order valence-corrected chi connectivity index (χ2v) is 8.49. The second kappa shape index (κ2) is 7.58. The molecule has 2 heterocycles. The first-order valence-electron chi connectivity index (χ1n) is 9.15. The van der Waals surface area contributed by atoms with Crippen LogP contribution in [0.25, 0.3) is 11.0 Å². The van der Waals surface area contributed by atoms with Crippen LogP contribution in [0.3, 0.4) is 0 Å². The summed E-state index contributed by atoms with van der Waals surface area (Å²) in [6.45, 7) is 6.55. The number of nitrogens with zero attached hydrogens (tertiary/aromatic N) is 2. The number of pyridine rings is 1. The van der Waals surface area contributed by atoms with Gasteiger partial charge in [0, 0.05) is 6.20 Å². The molecule has 0 aliphatic rings. The molecular weight excluding hydrogens is 407 g/mol. The van der Waals surface area contributed by atoms with E-state index >= 15 is 0 Å². The lowest BCUT2D eigenvalue weighted by Crippen LogP contribution is -2.10. The van der Waals surface area contributed by atoms with Gasteiger partial charge >= 0.3 is 0 Å². The van der Waals surface area contributed by atoms with Crippen molar-refractivity contribution in [3.05, 3.63) is 70.3 Å². The molecular formula is C22H20Cl2N4O. The number of fused-ring (bicyclic) bond motifs is 1. The molecule has 0 amide bonds. The molecule has 0 saturated heterocycles. The average molecular weight is 427 g/mol. The van der Waals surface area contributed by atoms with Crippen molar-refractivity contribution in [3.8, 4) is 11.6 Å². The van der Waals surface area contributed by atoms with Gasteiger partial charge in [-0.1, -0.05) is 56.1 Å². The van der Waals surface area contributed by atoms with Crippen LogP contribution in [-0.4, -0.2) is 15.0 Å². The number of hydrogen-bond acceptors (Lipinski definition) is 4. The number of H-pyrrole nitrogens is 1. The minimum Gasteiger partial charge on any atom is -0.435 e. The zero-order chi connectivity index (χ0) is 20.6. The standard InChI is InChI=1S/C22H20Cl2N4O/c1-22(2,3)13-9-10-15-17(12-13)28-21(26-15)27-16-7-5-11-25-20(16)29-18-8-4-6-14(23)19(18)24/h4-12H,1-3H3,(H2,26,27,28). The Morgan fingerprint density at radius 2 is 1.86 bits per heavy atom. The lowest BCUT2D eigenvalue weighted by Gasteiger charge is -2.18. The monoisotopic (exact) mass is 426 g/mol. The summed E-state index contributed by atoms with van der Waals surface area (Å²) in [5.74, 6) is 1.40. The minimum absolute atomic E-state index is 0.0630. The van der Waals surface area contributed by atoms with Crippen molar-refractivity contribution < 1.29 is 4.74 Å². The van der Waals surface area contributed by atoms with E-state index in [1.165, 1.54) is 5.56 Å². The highest BCUT2D eigenvalue weighted by Crippen LogP contribution is 2.36. The van der Waals surface area contributed by atoms with E-state index in [0.717, 1.165) is 11.0 Å². The fourth-order valence-corrected chi connectivity index (χ4v) is 3.23. The van der Waals surface area contributed by atoms with Gasteiger partial charge in [-0.3, -0.25) is 0 Å². The Morgan fingerprint density at radius 3 is 2.66 bits per heavy atom. The third kappa shape index (κ3) is 4.16. The number of benzene rings is 2. The van der Waals surface area contributed by atoms with Crippen molar-refractivity contribution in [1.29, 1.82) is 0 Å². The molecule has 0 fully saturated rings. The highest BCUT2D eigenvalue weighted by atomic mass is 35.5. The lowest BCUT2D eigenvalue weighted by atomic mass is 9.87. The predicted molar refractivity (Wildman–Crippen MR) is 119 cm³/mol. The van der Waals surface area contributed by atoms with Gasteiger partial charge in [0.2, 0.25) is 11.8 Å². The molecule has 29 heavy (non-hydrogen) atoms. The second-order valence-electron chi connectivity index (χ2n) is 7.70. The highest BCUT2D eigenvalue weighted by Gasteiger charge is 2.16. The minimum atomic E-state index is 0.0630. The summed E-state index contributed by atoms with van der Waals surface area (Å²) in [6, 6.07) is 15.1. The van der Waals surface area contributed by atoms with Crippen LogP contribution in [0.15, 0.2) is 54.7 Å². The fraction of sp³-hybridized carbons (Fsp3) is 0.182. The van der Waals surface area contributed by atoms with E-state index < -0.39 is 0 Å². The topological polar surface area (TPSA) is 62.8 Å².